The van der Waals surface area contributed by atoms with Crippen molar-refractivity contribution in [1.82, 2.24) is 15.5 Å². The topological polar surface area (TPSA) is 86.5 Å². The van der Waals surface area contributed by atoms with Crippen LogP contribution in [0.15, 0.2) is 52.1 Å². The fourth-order valence-corrected chi connectivity index (χ4v) is 3.24. The van der Waals surface area contributed by atoms with E-state index >= 15 is 0 Å². The van der Waals surface area contributed by atoms with E-state index in [0.29, 0.717) is 42.4 Å². The van der Waals surface area contributed by atoms with Crippen LogP contribution in [0.1, 0.15) is 11.1 Å². The summed E-state index contributed by atoms with van der Waals surface area (Å²) >= 11 is 1.20. The van der Waals surface area contributed by atoms with Crippen molar-refractivity contribution < 1.29 is 18.7 Å². The average molecular weight is 397 g/mol. The van der Waals surface area contributed by atoms with E-state index in [1.807, 2.05) is 49.4 Å². The lowest BCUT2D eigenvalue weighted by atomic mass is 10.1. The van der Waals surface area contributed by atoms with Gasteiger partial charge in [-0.25, -0.2) is 0 Å². The number of carbonyl (C=O) groups is 1. The summed E-state index contributed by atoms with van der Waals surface area (Å²) in [4.78, 5) is 12.0. The first-order chi connectivity index (χ1) is 13.7. The number of fused-ring (bicyclic) bond motifs is 1. The molecule has 2 aromatic carbocycles. The van der Waals surface area contributed by atoms with E-state index < -0.39 is 0 Å². The Morgan fingerprint density at radius 2 is 1.86 bits per heavy atom. The largest absolute Gasteiger partial charge is 0.486 e. The highest BCUT2D eigenvalue weighted by Gasteiger charge is 2.16. The van der Waals surface area contributed by atoms with Crippen LogP contribution in [0.4, 0.5) is 0 Å². The number of hydrogen-bond acceptors (Lipinski definition) is 7. The molecule has 1 aliphatic heterocycles. The van der Waals surface area contributed by atoms with Crippen LogP contribution in [0.2, 0.25) is 0 Å². The number of nitrogens with one attached hydrogen (secondary N) is 1. The number of thioether (sulfide) groups is 1. The molecule has 1 N–H and O–H groups in total. The smallest absolute Gasteiger partial charge is 0.277 e. The molecule has 28 heavy (non-hydrogen) atoms. The summed E-state index contributed by atoms with van der Waals surface area (Å²) in [5, 5.41) is 11.3. The maximum Gasteiger partial charge on any atom is 0.277 e. The van der Waals surface area contributed by atoms with Gasteiger partial charge in [0.05, 0.1) is 5.75 Å². The molecule has 0 aliphatic carbocycles. The number of aromatic nitrogens is 2. The normalized spacial score (nSPS) is 12.6. The van der Waals surface area contributed by atoms with Crippen LogP contribution in [0.3, 0.4) is 0 Å². The molecule has 0 saturated heterocycles. The molecule has 1 amide bonds. The van der Waals surface area contributed by atoms with Crippen LogP contribution >= 0.6 is 11.8 Å². The molecule has 3 aromatic rings. The minimum Gasteiger partial charge on any atom is -0.486 e. The molecule has 0 saturated carbocycles. The Labute approximate surface area is 166 Å². The first-order valence-electron chi connectivity index (χ1n) is 8.86. The SMILES string of the molecule is Cc1ccc(CNC(=O)CSc2nnc(-c3ccc4c(c3)OCCO4)o2)cc1. The molecule has 0 spiro atoms. The van der Waals surface area contributed by atoms with Gasteiger partial charge in [-0.1, -0.05) is 41.6 Å². The fraction of sp³-hybridized carbons (Fsp3) is 0.250. The zero-order valence-corrected chi connectivity index (χ0v) is 16.1. The van der Waals surface area contributed by atoms with E-state index in [-0.39, 0.29) is 11.7 Å². The number of amides is 1. The van der Waals surface area contributed by atoms with Crippen LogP contribution < -0.4 is 14.8 Å². The molecule has 0 radical (unpaired) electrons. The summed E-state index contributed by atoms with van der Waals surface area (Å²) in [6.07, 6.45) is 0. The molecule has 2 heterocycles. The van der Waals surface area contributed by atoms with Gasteiger partial charge < -0.3 is 19.2 Å². The van der Waals surface area contributed by atoms with Crippen molar-refractivity contribution in [2.45, 2.75) is 18.7 Å². The van der Waals surface area contributed by atoms with Crippen molar-refractivity contribution in [3.8, 4) is 23.0 Å². The summed E-state index contributed by atoms with van der Waals surface area (Å²) in [6.45, 7) is 3.58. The summed E-state index contributed by atoms with van der Waals surface area (Å²) in [5.74, 6) is 1.85. The second-order valence-corrected chi connectivity index (χ2v) is 7.21. The zero-order valence-electron chi connectivity index (χ0n) is 15.3. The Balaban J connectivity index is 1.31. The molecule has 1 aromatic heterocycles. The monoisotopic (exact) mass is 397 g/mol. The van der Waals surface area contributed by atoms with Crippen LogP contribution in [-0.2, 0) is 11.3 Å². The number of aryl methyl sites for hydroxylation is 1. The first-order valence-corrected chi connectivity index (χ1v) is 9.84. The third-order valence-electron chi connectivity index (χ3n) is 4.13. The third-order valence-corrected chi connectivity index (χ3v) is 4.95. The Bertz CT molecular complexity index is 972. The van der Waals surface area contributed by atoms with Crippen molar-refractivity contribution in [2.24, 2.45) is 0 Å². The summed E-state index contributed by atoms with van der Waals surface area (Å²) in [7, 11) is 0. The number of benzene rings is 2. The lowest BCUT2D eigenvalue weighted by molar-refractivity contribution is -0.118. The van der Waals surface area contributed by atoms with E-state index in [1.165, 1.54) is 17.3 Å². The molecule has 1 aliphatic rings. The van der Waals surface area contributed by atoms with E-state index in [1.54, 1.807) is 0 Å². The minimum atomic E-state index is -0.0929. The molecule has 0 bridgehead atoms. The lowest BCUT2D eigenvalue weighted by Crippen LogP contribution is -2.24. The Kier molecular flexibility index (Phi) is 5.48. The Morgan fingerprint density at radius 3 is 2.68 bits per heavy atom. The van der Waals surface area contributed by atoms with Crippen LogP contribution in [0, 0.1) is 6.92 Å². The fourth-order valence-electron chi connectivity index (χ4n) is 2.65. The number of nitrogens with zero attached hydrogens (tertiary/aromatic N) is 2. The van der Waals surface area contributed by atoms with Crippen molar-refractivity contribution in [1.29, 1.82) is 0 Å². The highest BCUT2D eigenvalue weighted by molar-refractivity contribution is 7.99. The van der Waals surface area contributed by atoms with E-state index in [9.17, 15) is 4.79 Å². The predicted molar refractivity (Wildman–Crippen MR) is 104 cm³/mol. The Morgan fingerprint density at radius 1 is 1.07 bits per heavy atom. The second-order valence-electron chi connectivity index (χ2n) is 6.28. The third kappa shape index (κ3) is 4.45. The molecule has 0 unspecified atom stereocenters. The van der Waals surface area contributed by atoms with Gasteiger partial charge in [-0.05, 0) is 30.7 Å². The molecule has 144 valence electrons. The van der Waals surface area contributed by atoms with Gasteiger partial charge in [-0.2, -0.15) is 0 Å². The lowest BCUT2D eigenvalue weighted by Gasteiger charge is -2.18. The van der Waals surface area contributed by atoms with Crippen LogP contribution in [-0.4, -0.2) is 35.1 Å². The predicted octanol–water partition coefficient (Wildman–Crippen LogP) is 3.22. The average Bonchev–Trinajstić information content (AvgIpc) is 3.20. The minimum absolute atomic E-state index is 0.0929. The molecule has 8 heteroatoms. The van der Waals surface area contributed by atoms with Gasteiger partial charge in [0.1, 0.15) is 13.2 Å². The van der Waals surface area contributed by atoms with E-state index in [2.05, 4.69) is 15.5 Å². The Hall–Kier alpha value is -3.00. The summed E-state index contributed by atoms with van der Waals surface area (Å²) in [6, 6.07) is 13.5. The van der Waals surface area contributed by atoms with Gasteiger partial charge in [-0.3, -0.25) is 4.79 Å². The van der Waals surface area contributed by atoms with Gasteiger partial charge in [0.2, 0.25) is 11.8 Å². The number of rotatable bonds is 6. The van der Waals surface area contributed by atoms with Crippen molar-refractivity contribution >= 4 is 17.7 Å². The molecular weight excluding hydrogens is 378 g/mol. The van der Waals surface area contributed by atoms with Crippen molar-refractivity contribution in [3.63, 3.8) is 0 Å². The van der Waals surface area contributed by atoms with Crippen molar-refractivity contribution in [3.05, 3.63) is 53.6 Å². The number of hydrogen-bond donors (Lipinski definition) is 1. The maximum atomic E-state index is 12.0. The summed E-state index contributed by atoms with van der Waals surface area (Å²) < 4.78 is 16.7. The quantitative estimate of drug-likeness (QED) is 0.639. The highest BCUT2D eigenvalue weighted by atomic mass is 32.2. The van der Waals surface area contributed by atoms with Crippen molar-refractivity contribution in [2.75, 3.05) is 19.0 Å². The van der Waals surface area contributed by atoms with Gasteiger partial charge in [0.15, 0.2) is 11.5 Å². The highest BCUT2D eigenvalue weighted by Crippen LogP contribution is 2.34. The van der Waals surface area contributed by atoms with Gasteiger partial charge >= 0.3 is 0 Å². The van der Waals surface area contributed by atoms with E-state index in [4.69, 9.17) is 13.9 Å². The number of carbonyl (C=O) groups excluding carboxylic acids is 1. The summed E-state index contributed by atoms with van der Waals surface area (Å²) in [5.41, 5.74) is 2.99. The number of ether oxygens (including phenoxy) is 2. The zero-order chi connectivity index (χ0) is 19.3. The van der Waals surface area contributed by atoms with E-state index in [0.717, 1.165) is 11.1 Å². The van der Waals surface area contributed by atoms with Gasteiger partial charge in [0, 0.05) is 12.1 Å². The van der Waals surface area contributed by atoms with Crippen LogP contribution in [0.25, 0.3) is 11.5 Å². The van der Waals surface area contributed by atoms with Gasteiger partial charge in [0.25, 0.3) is 5.22 Å². The molecule has 7 nitrogen and oxygen atoms in total. The second kappa shape index (κ2) is 8.35. The molecule has 0 atom stereocenters. The van der Waals surface area contributed by atoms with Crippen LogP contribution in [0.5, 0.6) is 11.5 Å². The maximum absolute atomic E-state index is 12.0. The molecule has 4 rings (SSSR count). The standard InChI is InChI=1S/C20H19N3O4S/c1-13-2-4-14(5-3-13)11-21-18(24)12-28-20-23-22-19(27-20)15-6-7-16-17(10-15)26-9-8-25-16/h2-7,10H,8-9,11-12H2,1H3,(H,21,24). The molecule has 0 fully saturated rings. The van der Waals surface area contributed by atoms with Gasteiger partial charge in [-0.15, -0.1) is 10.2 Å². The molecular formula is C20H19N3O4S. The first kappa shape index (κ1) is 18.4.